The normalized spacial score (nSPS) is 14.3. The summed E-state index contributed by atoms with van der Waals surface area (Å²) in [5.74, 6) is 0. The molecule has 0 amide bonds. The Balaban J connectivity index is 1.07. The van der Waals surface area contributed by atoms with Gasteiger partial charge in [-0.1, -0.05) is 236 Å². The Morgan fingerprint density at radius 1 is 0.368 bits per heavy atom. The number of benzene rings is 11. The summed E-state index contributed by atoms with van der Waals surface area (Å²) in [7, 11) is 0. The first-order valence-electron chi connectivity index (χ1n) is 26.9. The molecule has 1 atom stereocenters. The van der Waals surface area contributed by atoms with Crippen LogP contribution in [-0.2, 0) is 16.2 Å². The molecule has 2 nitrogen and oxygen atoms in total. The van der Waals surface area contributed by atoms with E-state index in [0.29, 0.717) is 0 Å². The number of fused-ring (bicyclic) bond motifs is 7. The molecule has 0 saturated heterocycles. The quantitative estimate of drug-likeness (QED) is 0.147. The zero-order valence-electron chi connectivity index (χ0n) is 44.6. The molecule has 0 N–H and O–H groups in total. The molecule has 13 rings (SSSR count). The zero-order chi connectivity index (χ0) is 51.9. The van der Waals surface area contributed by atoms with Crippen LogP contribution >= 0.6 is 0 Å². The Kier molecular flexibility index (Phi) is 11.1. The van der Waals surface area contributed by atoms with Crippen LogP contribution < -0.4 is 4.90 Å². The number of para-hydroxylation sites is 4. The van der Waals surface area contributed by atoms with Crippen LogP contribution in [-0.4, -0.2) is 4.57 Å². The van der Waals surface area contributed by atoms with Crippen LogP contribution in [0.1, 0.15) is 76.3 Å². The van der Waals surface area contributed by atoms with Crippen LogP contribution in [0.25, 0.3) is 82.8 Å². The number of hydrogen-bond donors (Lipinski definition) is 0. The molecule has 368 valence electrons. The van der Waals surface area contributed by atoms with Crippen molar-refractivity contribution >= 4 is 49.6 Å². The Morgan fingerprint density at radius 2 is 0.921 bits per heavy atom. The third-order valence-corrected chi connectivity index (χ3v) is 16.4. The Labute approximate surface area is 448 Å². The van der Waals surface area contributed by atoms with Crippen molar-refractivity contribution < 1.29 is 0 Å². The highest BCUT2D eigenvalue weighted by Gasteiger charge is 2.41. The average molecular weight is 979 g/mol. The average Bonchev–Trinajstić information content (AvgIpc) is 4.12. The van der Waals surface area contributed by atoms with Crippen molar-refractivity contribution in [3.05, 3.63) is 277 Å². The molecule has 12 aromatic rings. The maximum Gasteiger partial charge on any atom is 0.0542 e. The number of rotatable bonds is 8. The van der Waals surface area contributed by atoms with Crippen molar-refractivity contribution in [1.82, 2.24) is 4.57 Å². The van der Waals surface area contributed by atoms with E-state index in [0.717, 1.165) is 33.9 Å². The summed E-state index contributed by atoms with van der Waals surface area (Å²) in [6.45, 7) is 16.4. The van der Waals surface area contributed by atoms with Crippen LogP contribution in [0, 0.1) is 0 Å². The predicted molar refractivity (Wildman–Crippen MR) is 324 cm³/mol. The molecule has 0 fully saturated rings. The molecule has 1 aromatic heterocycles. The summed E-state index contributed by atoms with van der Waals surface area (Å²) in [5, 5.41) is 4.88. The molecule has 0 saturated carbocycles. The molecule has 1 unspecified atom stereocenters. The monoisotopic (exact) mass is 978 g/mol. The van der Waals surface area contributed by atoms with E-state index in [2.05, 4.69) is 307 Å². The second-order valence-electron chi connectivity index (χ2n) is 23.1. The van der Waals surface area contributed by atoms with E-state index < -0.39 is 0 Å². The van der Waals surface area contributed by atoms with Crippen molar-refractivity contribution in [3.8, 4) is 50.2 Å². The molecule has 2 heteroatoms. The lowest BCUT2D eigenvalue weighted by Gasteiger charge is -2.31. The summed E-state index contributed by atoms with van der Waals surface area (Å²) >= 11 is 0. The summed E-state index contributed by atoms with van der Waals surface area (Å²) in [4.78, 5) is 2.54. The van der Waals surface area contributed by atoms with Crippen LogP contribution in [0.3, 0.4) is 0 Å². The van der Waals surface area contributed by atoms with Crippen molar-refractivity contribution in [2.24, 2.45) is 0 Å². The molecule has 1 aliphatic carbocycles. The third kappa shape index (κ3) is 7.69. The number of hydrogen-bond acceptors (Lipinski definition) is 1. The molecule has 1 heterocycles. The third-order valence-electron chi connectivity index (χ3n) is 16.4. The van der Waals surface area contributed by atoms with Crippen LogP contribution in [0.5, 0.6) is 0 Å². The lowest BCUT2D eigenvalue weighted by Crippen LogP contribution is -2.22. The highest BCUT2D eigenvalue weighted by Crippen LogP contribution is 2.55. The fourth-order valence-electron chi connectivity index (χ4n) is 12.4. The van der Waals surface area contributed by atoms with E-state index in [1.807, 2.05) is 0 Å². The van der Waals surface area contributed by atoms with Gasteiger partial charge in [0.05, 0.1) is 22.4 Å². The first-order chi connectivity index (χ1) is 36.9. The van der Waals surface area contributed by atoms with Crippen LogP contribution in [0.2, 0.25) is 0 Å². The van der Waals surface area contributed by atoms with E-state index in [9.17, 15) is 0 Å². The van der Waals surface area contributed by atoms with Crippen molar-refractivity contribution in [1.29, 1.82) is 0 Å². The molecule has 1 aliphatic rings. The molecule has 76 heavy (non-hydrogen) atoms. The molecular weight excluding hydrogens is 917 g/mol. The van der Waals surface area contributed by atoms with Crippen molar-refractivity contribution in [2.45, 2.75) is 64.7 Å². The number of aromatic nitrogens is 1. The summed E-state index contributed by atoms with van der Waals surface area (Å²) in [5.41, 5.74) is 22.8. The van der Waals surface area contributed by atoms with Gasteiger partial charge in [0.1, 0.15) is 0 Å². The SMILES string of the molecule is CC(C)(C)c1cc(-c2cccc3cccc(-c4ccccc4N(c4ccc5c(c4)c4ccccc4n5-c4ccccc4)c4ccccc4-c4ccc5c(c4)C(C)(c4ccccc4)c4ccccc4-5)c23)cc(C(C)(C)C)c1. The van der Waals surface area contributed by atoms with Gasteiger partial charge in [0.2, 0.25) is 0 Å². The second kappa shape index (κ2) is 18.0. The van der Waals surface area contributed by atoms with Gasteiger partial charge in [-0.2, -0.15) is 0 Å². The maximum absolute atomic E-state index is 2.54. The molecular formula is C74H62N2. The minimum absolute atomic E-state index is 0.0264. The highest BCUT2D eigenvalue weighted by atomic mass is 15.1. The minimum atomic E-state index is -0.339. The standard InChI is InChI=1S/C74H62N2/c1-72(2,3)53-44-51(45-54(47-53)73(4,5)6)58-34-22-24-49-25-23-35-63(71(49)58)61-32-16-20-38-68(61)76(56-41-43-70-64(48-56)62-33-17-21-39-69(62)75(70)55-28-12-9-13-29-55)67-37-19-15-30-57(67)50-40-42-60-59-31-14-18-36-65(59)74(7,66(60)46-50)52-26-10-8-11-27-52/h8-48H,1-7H3. The van der Waals surface area contributed by atoms with Gasteiger partial charge < -0.3 is 9.47 Å². The minimum Gasteiger partial charge on any atom is -0.309 e. The molecule has 0 bridgehead atoms. The van der Waals surface area contributed by atoms with E-state index in [1.165, 1.54) is 93.8 Å². The van der Waals surface area contributed by atoms with Gasteiger partial charge in [0.15, 0.2) is 0 Å². The Morgan fingerprint density at radius 3 is 1.63 bits per heavy atom. The van der Waals surface area contributed by atoms with Gasteiger partial charge >= 0.3 is 0 Å². The maximum atomic E-state index is 2.54. The van der Waals surface area contributed by atoms with Gasteiger partial charge in [-0.25, -0.2) is 0 Å². The lowest BCUT2D eigenvalue weighted by atomic mass is 9.74. The first-order valence-corrected chi connectivity index (χ1v) is 26.9. The Hall–Kier alpha value is -8.72. The topological polar surface area (TPSA) is 8.17 Å². The molecule has 0 spiro atoms. The summed E-state index contributed by atoms with van der Waals surface area (Å²) < 4.78 is 2.41. The van der Waals surface area contributed by atoms with E-state index in [1.54, 1.807) is 0 Å². The van der Waals surface area contributed by atoms with E-state index >= 15 is 0 Å². The first kappa shape index (κ1) is 47.0. The van der Waals surface area contributed by atoms with Gasteiger partial charge in [-0.15, -0.1) is 0 Å². The van der Waals surface area contributed by atoms with Gasteiger partial charge in [0.25, 0.3) is 0 Å². The summed E-state index contributed by atoms with van der Waals surface area (Å²) in [6, 6.07) is 93.1. The molecule has 11 aromatic carbocycles. The number of anilines is 3. The fraction of sp³-hybridized carbons (Fsp3) is 0.135. The van der Waals surface area contributed by atoms with Gasteiger partial charge in [-0.3, -0.25) is 0 Å². The fourth-order valence-corrected chi connectivity index (χ4v) is 12.4. The van der Waals surface area contributed by atoms with Gasteiger partial charge in [0, 0.05) is 38.7 Å². The van der Waals surface area contributed by atoms with Crippen molar-refractivity contribution in [2.75, 3.05) is 4.90 Å². The smallest absolute Gasteiger partial charge is 0.0542 e. The van der Waals surface area contributed by atoms with Gasteiger partial charge in [-0.05, 0) is 144 Å². The summed E-state index contributed by atoms with van der Waals surface area (Å²) in [6.07, 6.45) is 0. The molecule has 0 aliphatic heterocycles. The van der Waals surface area contributed by atoms with E-state index in [-0.39, 0.29) is 16.2 Å². The molecule has 0 radical (unpaired) electrons. The zero-order valence-corrected chi connectivity index (χ0v) is 44.6. The van der Waals surface area contributed by atoms with E-state index in [4.69, 9.17) is 0 Å². The van der Waals surface area contributed by atoms with Crippen LogP contribution in [0.15, 0.2) is 249 Å². The highest BCUT2D eigenvalue weighted by molar-refractivity contribution is 6.12. The predicted octanol–water partition coefficient (Wildman–Crippen LogP) is 20.3. The largest absolute Gasteiger partial charge is 0.309 e. The number of nitrogens with zero attached hydrogens (tertiary/aromatic N) is 2. The lowest BCUT2D eigenvalue weighted by molar-refractivity contribution is 0.569. The second-order valence-corrected chi connectivity index (χ2v) is 23.1. The Bertz CT molecular complexity index is 4160. The van der Waals surface area contributed by atoms with Crippen LogP contribution in [0.4, 0.5) is 17.1 Å². The van der Waals surface area contributed by atoms with Crippen molar-refractivity contribution in [3.63, 3.8) is 0 Å².